The van der Waals surface area contributed by atoms with Crippen LogP contribution >= 0.6 is 0 Å². The van der Waals surface area contributed by atoms with Crippen LogP contribution in [0.5, 0.6) is 11.5 Å². The van der Waals surface area contributed by atoms with E-state index in [-0.39, 0.29) is 0 Å². The van der Waals surface area contributed by atoms with Crippen LogP contribution in [0.1, 0.15) is 12.0 Å². The zero-order chi connectivity index (χ0) is 13.9. The Hall–Kier alpha value is -1.88. The van der Waals surface area contributed by atoms with Crippen molar-refractivity contribution < 1.29 is 9.84 Å². The van der Waals surface area contributed by atoms with Crippen molar-refractivity contribution in [2.45, 2.75) is 18.9 Å². The number of aromatic hydroxyl groups is 1. The zero-order valence-corrected chi connectivity index (χ0v) is 11.7. The summed E-state index contributed by atoms with van der Waals surface area (Å²) in [5.74, 6) is 1.20. The number of rotatable bonds is 4. The smallest absolute Gasteiger partial charge is 0.122 e. The molecule has 2 aliphatic rings. The number of phenols is 1. The summed E-state index contributed by atoms with van der Waals surface area (Å²) in [6, 6.07) is 5.65. The van der Waals surface area contributed by atoms with Crippen molar-refractivity contribution in [3.63, 3.8) is 0 Å². The highest BCUT2D eigenvalue weighted by atomic mass is 16.5. The van der Waals surface area contributed by atoms with Crippen LogP contribution in [0.25, 0.3) is 0 Å². The molecular formula is C15H21N3O2. The van der Waals surface area contributed by atoms with Gasteiger partial charge in [0.2, 0.25) is 0 Å². The largest absolute Gasteiger partial charge is 0.508 e. The molecule has 2 aliphatic heterocycles. The molecule has 3 rings (SSSR count). The number of ether oxygens (including phenoxy) is 1. The van der Waals surface area contributed by atoms with E-state index in [1.807, 2.05) is 19.2 Å². The maximum absolute atomic E-state index is 9.61. The average molecular weight is 275 g/mol. The Morgan fingerprint density at radius 2 is 2.40 bits per heavy atom. The molecule has 5 heteroatoms. The Kier molecular flexibility index (Phi) is 3.69. The van der Waals surface area contributed by atoms with Gasteiger partial charge in [-0.15, -0.1) is 0 Å². The van der Waals surface area contributed by atoms with E-state index in [1.54, 1.807) is 6.07 Å². The van der Waals surface area contributed by atoms with Gasteiger partial charge in [0.25, 0.3) is 0 Å². The van der Waals surface area contributed by atoms with E-state index in [9.17, 15) is 5.11 Å². The minimum Gasteiger partial charge on any atom is -0.508 e. The minimum atomic E-state index is 0.304. The van der Waals surface area contributed by atoms with Crippen molar-refractivity contribution >= 4 is 0 Å². The quantitative estimate of drug-likeness (QED) is 0.765. The molecule has 0 aliphatic carbocycles. The van der Waals surface area contributed by atoms with E-state index in [1.165, 1.54) is 5.70 Å². The second kappa shape index (κ2) is 5.63. The Morgan fingerprint density at radius 1 is 1.50 bits per heavy atom. The lowest BCUT2D eigenvalue weighted by atomic mass is 10.0. The molecule has 0 amide bonds. The summed E-state index contributed by atoms with van der Waals surface area (Å²) < 4.78 is 5.83. The lowest BCUT2D eigenvalue weighted by Gasteiger charge is -2.35. The fourth-order valence-electron chi connectivity index (χ4n) is 2.84. The molecule has 0 aromatic heterocycles. The number of hydrogen-bond donors (Lipinski definition) is 3. The Morgan fingerprint density at radius 3 is 3.25 bits per heavy atom. The first-order valence-corrected chi connectivity index (χ1v) is 7.06. The van der Waals surface area contributed by atoms with Crippen molar-refractivity contribution in [2.75, 3.05) is 26.9 Å². The first kappa shape index (κ1) is 13.1. The third-order valence-corrected chi connectivity index (χ3v) is 3.90. The van der Waals surface area contributed by atoms with Gasteiger partial charge in [-0.2, -0.15) is 0 Å². The third kappa shape index (κ3) is 2.54. The van der Waals surface area contributed by atoms with Crippen LogP contribution in [0, 0.1) is 0 Å². The Labute approximate surface area is 119 Å². The van der Waals surface area contributed by atoms with Gasteiger partial charge in [0.1, 0.15) is 18.1 Å². The van der Waals surface area contributed by atoms with Crippen LogP contribution in [-0.2, 0) is 6.42 Å². The number of fused-ring (bicyclic) bond motifs is 1. The minimum absolute atomic E-state index is 0.304. The summed E-state index contributed by atoms with van der Waals surface area (Å²) in [7, 11) is 1.97. The molecule has 1 aromatic carbocycles. The maximum Gasteiger partial charge on any atom is 0.122 e. The van der Waals surface area contributed by atoms with Gasteiger partial charge in [0.15, 0.2) is 0 Å². The molecule has 5 nitrogen and oxygen atoms in total. The van der Waals surface area contributed by atoms with E-state index in [2.05, 4.69) is 21.7 Å². The maximum atomic E-state index is 9.61. The van der Waals surface area contributed by atoms with Gasteiger partial charge in [0.05, 0.1) is 12.7 Å². The van der Waals surface area contributed by atoms with E-state index >= 15 is 0 Å². The number of phenolic OH excluding ortho intramolecular Hbond substituents is 1. The van der Waals surface area contributed by atoms with Gasteiger partial charge in [-0.05, 0) is 37.2 Å². The highest BCUT2D eigenvalue weighted by Gasteiger charge is 2.28. The van der Waals surface area contributed by atoms with Gasteiger partial charge < -0.3 is 25.4 Å². The topological polar surface area (TPSA) is 56.8 Å². The Bertz CT molecular complexity index is 516. The number of nitrogens with one attached hydrogen (secondary N) is 2. The van der Waals surface area contributed by atoms with Crippen LogP contribution in [0.2, 0.25) is 0 Å². The lowest BCUT2D eigenvalue weighted by Crippen LogP contribution is -2.43. The molecule has 0 saturated heterocycles. The number of benzene rings is 1. The van der Waals surface area contributed by atoms with Crippen molar-refractivity contribution in [1.82, 2.24) is 15.5 Å². The average Bonchev–Trinajstić information content (AvgIpc) is 2.92. The molecule has 2 heterocycles. The second-order valence-corrected chi connectivity index (χ2v) is 5.28. The van der Waals surface area contributed by atoms with Crippen LogP contribution in [0.3, 0.4) is 0 Å². The van der Waals surface area contributed by atoms with Crippen LogP contribution in [0.15, 0.2) is 30.1 Å². The second-order valence-electron chi connectivity index (χ2n) is 5.28. The first-order chi connectivity index (χ1) is 9.78. The predicted molar refractivity (Wildman–Crippen MR) is 77.6 cm³/mol. The van der Waals surface area contributed by atoms with Crippen LogP contribution in [-0.4, -0.2) is 42.9 Å². The molecular weight excluding hydrogens is 254 g/mol. The molecule has 1 atom stereocenters. The zero-order valence-electron chi connectivity index (χ0n) is 11.7. The summed E-state index contributed by atoms with van der Waals surface area (Å²) in [5, 5.41) is 16.1. The van der Waals surface area contributed by atoms with Crippen molar-refractivity contribution in [2.24, 2.45) is 0 Å². The molecule has 0 spiro atoms. The number of hydrogen-bond acceptors (Lipinski definition) is 5. The molecule has 0 radical (unpaired) electrons. The molecule has 1 aromatic rings. The number of nitrogens with zero attached hydrogens (tertiary/aromatic N) is 1. The fraction of sp³-hybridized carbons (Fsp3) is 0.467. The first-order valence-electron chi connectivity index (χ1n) is 7.06. The Balaban J connectivity index is 1.71. The van der Waals surface area contributed by atoms with Crippen LogP contribution < -0.4 is 15.4 Å². The molecule has 20 heavy (non-hydrogen) atoms. The third-order valence-electron chi connectivity index (χ3n) is 3.90. The van der Waals surface area contributed by atoms with Crippen molar-refractivity contribution in [3.8, 4) is 11.5 Å². The molecule has 0 bridgehead atoms. The molecule has 3 N–H and O–H groups in total. The normalized spacial score (nSPS) is 20.9. The summed E-state index contributed by atoms with van der Waals surface area (Å²) in [6.45, 7) is 2.49. The van der Waals surface area contributed by atoms with Gasteiger partial charge in [-0.3, -0.25) is 0 Å². The van der Waals surface area contributed by atoms with Crippen molar-refractivity contribution in [1.29, 1.82) is 0 Å². The summed E-state index contributed by atoms with van der Waals surface area (Å²) in [5.41, 5.74) is 2.40. The van der Waals surface area contributed by atoms with Gasteiger partial charge in [-0.1, -0.05) is 0 Å². The monoisotopic (exact) mass is 275 g/mol. The molecule has 0 fully saturated rings. The van der Waals surface area contributed by atoms with E-state index in [0.29, 0.717) is 18.4 Å². The molecule has 108 valence electrons. The van der Waals surface area contributed by atoms with E-state index < -0.39 is 0 Å². The summed E-state index contributed by atoms with van der Waals surface area (Å²) in [6.07, 6.45) is 4.00. The molecule has 0 saturated carbocycles. The van der Waals surface area contributed by atoms with Crippen LogP contribution in [0.4, 0.5) is 0 Å². The highest BCUT2D eigenvalue weighted by molar-refractivity contribution is 5.41. The molecule has 1 unspecified atom stereocenters. The van der Waals surface area contributed by atoms with E-state index in [0.717, 1.165) is 37.4 Å². The lowest BCUT2D eigenvalue weighted by molar-refractivity contribution is 0.151. The van der Waals surface area contributed by atoms with E-state index in [4.69, 9.17) is 4.74 Å². The standard InChI is InChI=1S/C15H21N3O2/c1-16-5-4-12-8-17-10-18(12)13-6-11-7-14(19)2-3-15(11)20-9-13/h2-3,7-8,13,16-17,19H,4-6,9-10H2,1H3. The fourth-order valence-corrected chi connectivity index (χ4v) is 2.84. The van der Waals surface area contributed by atoms with Gasteiger partial charge in [0, 0.05) is 24.9 Å². The SMILES string of the molecule is CNCCC1=CNCN1C1COc2ccc(O)cc2C1. The van der Waals surface area contributed by atoms with Crippen molar-refractivity contribution in [3.05, 3.63) is 35.7 Å². The summed E-state index contributed by atoms with van der Waals surface area (Å²) >= 11 is 0. The highest BCUT2D eigenvalue weighted by Crippen LogP contribution is 2.31. The summed E-state index contributed by atoms with van der Waals surface area (Å²) in [4.78, 5) is 2.37. The van der Waals surface area contributed by atoms with Gasteiger partial charge >= 0.3 is 0 Å². The predicted octanol–water partition coefficient (Wildman–Crippen LogP) is 1.01. The van der Waals surface area contributed by atoms with Gasteiger partial charge in [-0.25, -0.2) is 0 Å².